The van der Waals surface area contributed by atoms with Crippen LogP contribution < -0.4 is 5.32 Å². The molecular weight excluding hydrogens is 367 g/mol. The van der Waals surface area contributed by atoms with Crippen molar-refractivity contribution in [3.63, 3.8) is 0 Å². The Labute approximate surface area is 151 Å². The van der Waals surface area contributed by atoms with Crippen LogP contribution in [0.3, 0.4) is 0 Å². The van der Waals surface area contributed by atoms with Gasteiger partial charge in [-0.1, -0.05) is 0 Å². The van der Waals surface area contributed by atoms with Gasteiger partial charge in [0.2, 0.25) is 15.9 Å². The van der Waals surface area contributed by atoms with Crippen LogP contribution in [-0.2, 0) is 24.3 Å². The number of piperidine rings is 1. The van der Waals surface area contributed by atoms with Gasteiger partial charge in [-0.25, -0.2) is 17.6 Å². The number of nitrogens with one attached hydrogen (secondary N) is 1. The average Bonchev–Trinajstić information content (AvgIpc) is 2.62. The van der Waals surface area contributed by atoms with Crippen LogP contribution in [0.15, 0.2) is 29.2 Å². The van der Waals surface area contributed by atoms with Gasteiger partial charge in [0, 0.05) is 20.2 Å². The van der Waals surface area contributed by atoms with Crippen molar-refractivity contribution in [1.82, 2.24) is 9.62 Å². The summed E-state index contributed by atoms with van der Waals surface area (Å²) in [5.74, 6) is -2.75. The van der Waals surface area contributed by atoms with E-state index < -0.39 is 39.7 Å². The number of carbonyl (C=O) groups excluding carboxylic acids is 1. The zero-order chi connectivity index (χ0) is 19.3. The fourth-order valence-corrected chi connectivity index (χ4v) is 4.26. The summed E-state index contributed by atoms with van der Waals surface area (Å²) < 4.78 is 44.2. The molecule has 0 radical (unpaired) electrons. The summed E-state index contributed by atoms with van der Waals surface area (Å²) in [7, 11) is -2.60. The lowest BCUT2D eigenvalue weighted by Crippen LogP contribution is -2.47. The number of sulfonamides is 1. The predicted molar refractivity (Wildman–Crippen MR) is 89.3 cm³/mol. The van der Waals surface area contributed by atoms with Gasteiger partial charge in [-0.05, 0) is 37.1 Å². The number of hydrogen-bond donors (Lipinski definition) is 2. The maximum atomic E-state index is 13.0. The van der Waals surface area contributed by atoms with Crippen molar-refractivity contribution in [3.05, 3.63) is 30.1 Å². The number of nitrogens with zero attached hydrogens (tertiary/aromatic N) is 1. The number of benzene rings is 1. The molecule has 1 aliphatic heterocycles. The quantitative estimate of drug-likeness (QED) is 0.701. The summed E-state index contributed by atoms with van der Waals surface area (Å²) in [6, 6.07) is 4.50. The minimum atomic E-state index is -3.83. The molecule has 8 nitrogen and oxygen atoms in total. The maximum Gasteiger partial charge on any atom is 0.334 e. The number of carboxylic acid groups (broad SMARTS) is 1. The van der Waals surface area contributed by atoms with Crippen molar-refractivity contribution in [3.8, 4) is 0 Å². The summed E-state index contributed by atoms with van der Waals surface area (Å²) in [5, 5.41) is 11.4. The molecule has 144 valence electrons. The molecule has 2 N–H and O–H groups in total. The Balaban J connectivity index is 2.03. The molecule has 1 saturated heterocycles. The van der Waals surface area contributed by atoms with Crippen LogP contribution in [0.5, 0.6) is 0 Å². The number of ether oxygens (including phenoxy) is 1. The number of hydrogen-bond acceptors (Lipinski definition) is 5. The molecule has 10 heteroatoms. The molecule has 1 aromatic carbocycles. The lowest BCUT2D eigenvalue weighted by Gasteiger charge is -2.31. The van der Waals surface area contributed by atoms with E-state index >= 15 is 0 Å². The number of carbonyl (C=O) groups is 2. The highest BCUT2D eigenvalue weighted by Gasteiger charge is 2.33. The average molecular weight is 388 g/mol. The van der Waals surface area contributed by atoms with Crippen LogP contribution in [0, 0.1) is 11.7 Å². The van der Waals surface area contributed by atoms with Crippen molar-refractivity contribution in [2.75, 3.05) is 26.7 Å². The molecular formula is C16H21FN2O6S. The first kappa shape index (κ1) is 20.3. The molecule has 1 aromatic rings. The fraction of sp³-hybridized carbons (Fsp3) is 0.500. The molecule has 0 spiro atoms. The van der Waals surface area contributed by atoms with Crippen LogP contribution in [0.1, 0.15) is 12.8 Å². The monoisotopic (exact) mass is 388 g/mol. The first-order valence-electron chi connectivity index (χ1n) is 8.04. The van der Waals surface area contributed by atoms with E-state index in [1.807, 2.05) is 0 Å². The van der Waals surface area contributed by atoms with Gasteiger partial charge in [0.05, 0.1) is 17.4 Å². The van der Waals surface area contributed by atoms with Crippen LogP contribution >= 0.6 is 0 Å². The zero-order valence-electron chi connectivity index (χ0n) is 14.2. The Morgan fingerprint density at radius 1 is 1.38 bits per heavy atom. The maximum absolute atomic E-state index is 13.0. The van der Waals surface area contributed by atoms with E-state index in [0.29, 0.717) is 12.8 Å². The highest BCUT2D eigenvalue weighted by atomic mass is 32.2. The molecule has 26 heavy (non-hydrogen) atoms. The van der Waals surface area contributed by atoms with Gasteiger partial charge in [-0.3, -0.25) is 4.79 Å². The van der Waals surface area contributed by atoms with Crippen molar-refractivity contribution >= 4 is 21.9 Å². The Morgan fingerprint density at radius 3 is 2.62 bits per heavy atom. The lowest BCUT2D eigenvalue weighted by molar-refractivity contribution is -0.148. The fourth-order valence-electron chi connectivity index (χ4n) is 2.74. The summed E-state index contributed by atoms with van der Waals surface area (Å²) in [6.07, 6.45) is -0.182. The predicted octanol–water partition coefficient (Wildman–Crippen LogP) is 0.442. The van der Waals surface area contributed by atoms with Gasteiger partial charge in [0.25, 0.3) is 0 Å². The number of aliphatic carboxylic acids is 1. The highest BCUT2D eigenvalue weighted by molar-refractivity contribution is 7.89. The number of rotatable bonds is 7. The minimum absolute atomic E-state index is 0.0176. The second-order valence-electron chi connectivity index (χ2n) is 5.96. The lowest BCUT2D eigenvalue weighted by atomic mass is 9.99. The second-order valence-corrected chi connectivity index (χ2v) is 7.90. The molecule has 1 amide bonds. The SMILES string of the molecule is COC(CNC(=O)C1CCCN(S(=O)(=O)c2ccc(F)cc2)C1)C(=O)O. The summed E-state index contributed by atoms with van der Waals surface area (Å²) in [4.78, 5) is 23.1. The standard InChI is InChI=1S/C16H21FN2O6S/c1-25-14(16(21)22)9-18-15(20)11-3-2-8-19(10-11)26(23,24)13-6-4-12(17)5-7-13/h4-7,11,14H,2-3,8-10H2,1H3,(H,18,20)(H,21,22). The Morgan fingerprint density at radius 2 is 2.04 bits per heavy atom. The Kier molecular flexibility index (Phi) is 6.68. The van der Waals surface area contributed by atoms with Gasteiger partial charge in [0.1, 0.15) is 5.82 Å². The minimum Gasteiger partial charge on any atom is -0.479 e. The van der Waals surface area contributed by atoms with Crippen LogP contribution in [-0.4, -0.2) is 62.6 Å². The largest absolute Gasteiger partial charge is 0.479 e. The molecule has 0 bridgehead atoms. The third-order valence-electron chi connectivity index (χ3n) is 4.23. The molecule has 0 saturated carbocycles. The molecule has 1 heterocycles. The van der Waals surface area contributed by atoms with Crippen molar-refractivity contribution in [2.24, 2.45) is 5.92 Å². The molecule has 2 atom stereocenters. The number of carboxylic acids is 1. The van der Waals surface area contributed by atoms with E-state index in [4.69, 9.17) is 9.84 Å². The smallest absolute Gasteiger partial charge is 0.334 e. The summed E-state index contributed by atoms with van der Waals surface area (Å²) >= 11 is 0. The number of methoxy groups -OCH3 is 1. The van der Waals surface area contributed by atoms with Gasteiger partial charge in [0.15, 0.2) is 6.10 Å². The third kappa shape index (κ3) is 4.77. The van der Waals surface area contributed by atoms with E-state index in [-0.39, 0.29) is 24.5 Å². The molecule has 1 fully saturated rings. The normalized spacial score (nSPS) is 19.7. The Bertz CT molecular complexity index is 753. The summed E-state index contributed by atoms with van der Waals surface area (Å²) in [6.45, 7) is 0.0431. The van der Waals surface area contributed by atoms with Crippen molar-refractivity contribution in [1.29, 1.82) is 0 Å². The third-order valence-corrected chi connectivity index (χ3v) is 6.11. The van der Waals surface area contributed by atoms with Crippen LogP contribution in [0.25, 0.3) is 0 Å². The molecule has 1 aliphatic rings. The van der Waals surface area contributed by atoms with Gasteiger partial charge >= 0.3 is 5.97 Å². The zero-order valence-corrected chi connectivity index (χ0v) is 15.0. The van der Waals surface area contributed by atoms with Crippen LogP contribution in [0.2, 0.25) is 0 Å². The van der Waals surface area contributed by atoms with Gasteiger partial charge < -0.3 is 15.2 Å². The summed E-state index contributed by atoms with van der Waals surface area (Å²) in [5.41, 5.74) is 0. The van der Waals surface area contributed by atoms with Crippen molar-refractivity contribution in [2.45, 2.75) is 23.8 Å². The topological polar surface area (TPSA) is 113 Å². The van der Waals surface area contributed by atoms with Crippen molar-refractivity contribution < 1.29 is 32.2 Å². The molecule has 0 aliphatic carbocycles. The molecule has 0 aromatic heterocycles. The van der Waals surface area contributed by atoms with E-state index in [0.717, 1.165) is 12.1 Å². The first-order valence-corrected chi connectivity index (χ1v) is 9.48. The number of halogens is 1. The number of amides is 1. The van der Waals surface area contributed by atoms with Gasteiger partial charge in [-0.2, -0.15) is 4.31 Å². The second kappa shape index (κ2) is 8.56. The first-order chi connectivity index (χ1) is 12.3. The van der Waals surface area contributed by atoms with Gasteiger partial charge in [-0.15, -0.1) is 0 Å². The molecule has 2 rings (SSSR count). The van der Waals surface area contributed by atoms with E-state index in [1.165, 1.54) is 23.5 Å². The molecule has 2 unspecified atom stereocenters. The van der Waals surface area contributed by atoms with E-state index in [9.17, 15) is 22.4 Å². The van der Waals surface area contributed by atoms with E-state index in [2.05, 4.69) is 5.32 Å². The highest BCUT2D eigenvalue weighted by Crippen LogP contribution is 2.24. The van der Waals surface area contributed by atoms with Crippen LogP contribution in [0.4, 0.5) is 4.39 Å². The van der Waals surface area contributed by atoms with E-state index in [1.54, 1.807) is 0 Å². The Hall–Kier alpha value is -2.04.